The van der Waals surface area contributed by atoms with Crippen molar-refractivity contribution >= 4 is 0 Å². The molecule has 0 bridgehead atoms. The molecule has 0 saturated heterocycles. The summed E-state index contributed by atoms with van der Waals surface area (Å²) in [5.74, 6) is 0.891. The second kappa shape index (κ2) is 6.54. The van der Waals surface area contributed by atoms with Gasteiger partial charge in [-0.05, 0) is 36.8 Å². The average Bonchev–Trinajstić information content (AvgIpc) is 3.11. The first-order valence-electron chi connectivity index (χ1n) is 8.49. The summed E-state index contributed by atoms with van der Waals surface area (Å²) < 4.78 is 10.9. The highest BCUT2D eigenvalue weighted by Crippen LogP contribution is 2.45. The van der Waals surface area contributed by atoms with Crippen LogP contribution in [0.2, 0.25) is 0 Å². The zero-order valence-electron chi connectivity index (χ0n) is 15.0. The van der Waals surface area contributed by atoms with Gasteiger partial charge in [0.1, 0.15) is 17.4 Å². The number of aryl methyl sites for hydroxylation is 1. The number of nitrogens with zero attached hydrogens (tertiary/aromatic N) is 2. The Bertz CT molecular complexity index is 1060. The number of nitrogens with two attached hydrogens (primary N) is 1. The first-order valence-corrected chi connectivity index (χ1v) is 8.49. The normalized spacial score (nSPS) is 15.7. The molecule has 0 radical (unpaired) electrons. The Labute approximate surface area is 156 Å². The van der Waals surface area contributed by atoms with E-state index in [0.29, 0.717) is 11.5 Å². The van der Waals surface area contributed by atoms with Gasteiger partial charge in [0.25, 0.3) is 0 Å². The van der Waals surface area contributed by atoms with Crippen molar-refractivity contribution in [2.24, 2.45) is 5.73 Å². The molecule has 6 heteroatoms. The number of rotatable bonds is 3. The maximum absolute atomic E-state index is 9.73. The van der Waals surface area contributed by atoms with E-state index in [0.717, 1.165) is 33.7 Å². The maximum atomic E-state index is 9.73. The van der Waals surface area contributed by atoms with E-state index >= 15 is 0 Å². The van der Waals surface area contributed by atoms with Crippen LogP contribution in [-0.2, 0) is 0 Å². The summed E-state index contributed by atoms with van der Waals surface area (Å²) >= 11 is 0. The molecule has 27 heavy (non-hydrogen) atoms. The highest BCUT2D eigenvalue weighted by molar-refractivity contribution is 5.71. The Hall–Kier alpha value is -3.72. The molecule has 0 saturated carbocycles. The first kappa shape index (κ1) is 16.7. The minimum atomic E-state index is -0.352. The second-order valence-corrected chi connectivity index (χ2v) is 6.38. The summed E-state index contributed by atoms with van der Waals surface area (Å²) in [4.78, 5) is 0. The maximum Gasteiger partial charge on any atom is 0.244 e. The number of allylic oxidation sites excluding steroid dienone is 1. The summed E-state index contributed by atoms with van der Waals surface area (Å²) in [5.41, 5.74) is 11.0. The number of aromatic amines is 1. The summed E-state index contributed by atoms with van der Waals surface area (Å²) in [6, 6.07) is 17.9. The molecule has 2 heterocycles. The molecule has 1 aliphatic rings. The smallest absolute Gasteiger partial charge is 0.244 e. The van der Waals surface area contributed by atoms with Gasteiger partial charge < -0.3 is 15.2 Å². The third-order valence-electron chi connectivity index (χ3n) is 4.73. The quantitative estimate of drug-likeness (QED) is 0.745. The number of hydrogen-bond donors (Lipinski definition) is 2. The van der Waals surface area contributed by atoms with E-state index in [1.807, 2.05) is 55.5 Å². The third-order valence-corrected chi connectivity index (χ3v) is 4.73. The molecule has 3 N–H and O–H groups in total. The summed E-state index contributed by atoms with van der Waals surface area (Å²) in [5, 5.41) is 17.1. The van der Waals surface area contributed by atoms with Gasteiger partial charge >= 0.3 is 0 Å². The van der Waals surface area contributed by atoms with Gasteiger partial charge in [-0.1, -0.05) is 29.8 Å². The summed E-state index contributed by atoms with van der Waals surface area (Å²) in [6.07, 6.45) is 0. The predicted octanol–water partition coefficient (Wildman–Crippen LogP) is 3.61. The zero-order chi connectivity index (χ0) is 19.0. The Kier molecular flexibility index (Phi) is 4.05. The van der Waals surface area contributed by atoms with Crippen molar-refractivity contribution < 1.29 is 9.47 Å². The molecule has 134 valence electrons. The first-order chi connectivity index (χ1) is 13.1. The van der Waals surface area contributed by atoms with Gasteiger partial charge in [-0.2, -0.15) is 5.26 Å². The van der Waals surface area contributed by atoms with Crippen molar-refractivity contribution in [2.45, 2.75) is 12.8 Å². The van der Waals surface area contributed by atoms with Gasteiger partial charge in [0.15, 0.2) is 0 Å². The SMILES string of the molecule is COc1ccc(-c2[nH]nc3c2[C@@H](c2ccc(C)cc2)C(C#N)=C(N)O3)cc1. The van der Waals surface area contributed by atoms with E-state index in [9.17, 15) is 5.26 Å². The number of nitrogens with one attached hydrogen (secondary N) is 1. The molecule has 1 atom stereocenters. The molecule has 0 aliphatic carbocycles. The van der Waals surface area contributed by atoms with E-state index in [4.69, 9.17) is 15.2 Å². The predicted molar refractivity (Wildman–Crippen MR) is 101 cm³/mol. The highest BCUT2D eigenvalue weighted by atomic mass is 16.5. The fourth-order valence-electron chi connectivity index (χ4n) is 3.32. The van der Waals surface area contributed by atoms with Crippen LogP contribution in [0.15, 0.2) is 60.0 Å². The van der Waals surface area contributed by atoms with Crippen LogP contribution in [0.3, 0.4) is 0 Å². The van der Waals surface area contributed by atoms with Crippen LogP contribution in [0, 0.1) is 18.3 Å². The van der Waals surface area contributed by atoms with Gasteiger partial charge in [-0.25, -0.2) is 0 Å². The van der Waals surface area contributed by atoms with Crippen LogP contribution in [0.1, 0.15) is 22.6 Å². The van der Waals surface area contributed by atoms with Gasteiger partial charge in [0, 0.05) is 5.56 Å². The zero-order valence-corrected chi connectivity index (χ0v) is 15.0. The molecule has 6 nitrogen and oxygen atoms in total. The molecule has 0 fully saturated rings. The largest absolute Gasteiger partial charge is 0.497 e. The number of ether oxygens (including phenoxy) is 2. The lowest BCUT2D eigenvalue weighted by atomic mass is 9.83. The second-order valence-electron chi connectivity index (χ2n) is 6.38. The lowest BCUT2D eigenvalue weighted by Crippen LogP contribution is -2.21. The van der Waals surface area contributed by atoms with E-state index in [1.54, 1.807) is 7.11 Å². The van der Waals surface area contributed by atoms with Crippen molar-refractivity contribution in [2.75, 3.05) is 7.11 Å². The third kappa shape index (κ3) is 2.79. The summed E-state index contributed by atoms with van der Waals surface area (Å²) in [6.45, 7) is 2.02. The average molecular weight is 358 g/mol. The van der Waals surface area contributed by atoms with Crippen molar-refractivity contribution in [1.82, 2.24) is 10.2 Å². The van der Waals surface area contributed by atoms with Crippen LogP contribution in [0.4, 0.5) is 0 Å². The van der Waals surface area contributed by atoms with Crippen LogP contribution in [0.5, 0.6) is 11.6 Å². The molecule has 1 aromatic heterocycles. The van der Waals surface area contributed by atoms with Crippen LogP contribution >= 0.6 is 0 Å². The number of fused-ring (bicyclic) bond motifs is 1. The Balaban J connectivity index is 1.90. The molecular weight excluding hydrogens is 340 g/mol. The number of nitriles is 1. The number of benzene rings is 2. The van der Waals surface area contributed by atoms with E-state index in [2.05, 4.69) is 16.3 Å². The number of aromatic nitrogens is 2. The topological polar surface area (TPSA) is 97.0 Å². The summed E-state index contributed by atoms with van der Waals surface area (Å²) in [7, 11) is 1.63. The van der Waals surface area contributed by atoms with Crippen molar-refractivity contribution in [3.63, 3.8) is 0 Å². The fourth-order valence-corrected chi connectivity index (χ4v) is 3.32. The molecular formula is C21H18N4O2. The number of H-pyrrole nitrogens is 1. The lowest BCUT2D eigenvalue weighted by Gasteiger charge is -2.24. The molecule has 0 amide bonds. The van der Waals surface area contributed by atoms with Crippen molar-refractivity contribution in [1.29, 1.82) is 5.26 Å². The van der Waals surface area contributed by atoms with Gasteiger partial charge in [-0.15, -0.1) is 5.10 Å². The van der Waals surface area contributed by atoms with Gasteiger partial charge in [0.05, 0.1) is 24.3 Å². The molecule has 0 spiro atoms. The monoisotopic (exact) mass is 358 g/mol. The number of hydrogen-bond acceptors (Lipinski definition) is 5. The fraction of sp³-hybridized carbons (Fsp3) is 0.143. The molecule has 1 aliphatic heterocycles. The Morgan fingerprint density at radius 1 is 1.15 bits per heavy atom. The highest BCUT2D eigenvalue weighted by Gasteiger charge is 2.35. The minimum Gasteiger partial charge on any atom is -0.497 e. The van der Waals surface area contributed by atoms with Crippen LogP contribution in [0.25, 0.3) is 11.3 Å². The van der Waals surface area contributed by atoms with E-state index < -0.39 is 0 Å². The van der Waals surface area contributed by atoms with Crippen molar-refractivity contribution in [3.05, 3.63) is 76.7 Å². The molecule has 3 aromatic rings. The molecule has 4 rings (SSSR count). The molecule has 0 unspecified atom stereocenters. The van der Waals surface area contributed by atoms with Crippen LogP contribution in [-0.4, -0.2) is 17.3 Å². The standard InChI is InChI=1S/C21H18N4O2/c1-12-3-5-13(6-4-12)17-16(11-22)20(23)27-21-18(17)19(24-25-21)14-7-9-15(26-2)10-8-14/h3-10,17H,23H2,1-2H3,(H,24,25)/t17-/m0/s1. The number of methoxy groups -OCH3 is 1. The lowest BCUT2D eigenvalue weighted by molar-refractivity contribution is 0.379. The molecule has 2 aromatic carbocycles. The van der Waals surface area contributed by atoms with E-state index in [-0.39, 0.29) is 11.8 Å². The van der Waals surface area contributed by atoms with Gasteiger partial charge in [0.2, 0.25) is 11.8 Å². The Morgan fingerprint density at radius 3 is 2.48 bits per heavy atom. The van der Waals surface area contributed by atoms with Gasteiger partial charge in [-0.3, -0.25) is 5.10 Å². The Morgan fingerprint density at radius 2 is 1.85 bits per heavy atom. The van der Waals surface area contributed by atoms with E-state index in [1.165, 1.54) is 0 Å². The van der Waals surface area contributed by atoms with Crippen molar-refractivity contribution in [3.8, 4) is 29.0 Å². The van der Waals surface area contributed by atoms with Crippen LogP contribution < -0.4 is 15.2 Å². The minimum absolute atomic E-state index is 0.0864.